The lowest BCUT2D eigenvalue weighted by atomic mass is 10.8. The fourth-order valence-corrected chi connectivity index (χ4v) is 1.43. The molecule has 0 aromatic heterocycles. The van der Waals surface area contributed by atoms with Gasteiger partial charge in [0.15, 0.2) is 0 Å². The van der Waals surface area contributed by atoms with Crippen LogP contribution >= 0.6 is 19.8 Å². The van der Waals surface area contributed by atoms with Crippen molar-refractivity contribution in [2.24, 2.45) is 4.99 Å². The van der Waals surface area contributed by atoms with E-state index in [4.69, 9.17) is 0 Å². The predicted octanol–water partition coefficient (Wildman–Crippen LogP) is 1.58. The Bertz CT molecular complexity index is 194. The van der Waals surface area contributed by atoms with Crippen molar-refractivity contribution in [2.75, 3.05) is 26.9 Å². The number of thiocarbonyl (C=S) groups is 1. The van der Waals surface area contributed by atoms with Crippen LogP contribution in [0.5, 0.6) is 0 Å². The van der Waals surface area contributed by atoms with Crippen LogP contribution in [-0.4, -0.2) is 32.1 Å². The van der Waals surface area contributed by atoms with Crippen molar-refractivity contribution in [3.63, 3.8) is 0 Å². The lowest BCUT2D eigenvalue weighted by molar-refractivity contribution is 0.276. The lowest BCUT2D eigenvalue weighted by Gasteiger charge is -2.10. The zero-order valence-electron chi connectivity index (χ0n) is 6.44. The number of hydrogen-bond acceptors (Lipinski definition) is 5. The molecule has 6 heteroatoms. The second-order valence-electron chi connectivity index (χ2n) is 1.67. The summed E-state index contributed by atoms with van der Waals surface area (Å²) in [6, 6.07) is 0. The molecule has 0 aromatic carbocycles. The van der Waals surface area contributed by atoms with Gasteiger partial charge in [-0.05, 0) is 12.2 Å². The maximum absolute atomic E-state index is 11.3. The molecule has 0 N–H and O–H groups in total. The third-order valence-electron chi connectivity index (χ3n) is 1.11. The minimum absolute atomic E-state index is 0.240. The Labute approximate surface area is 71.1 Å². The van der Waals surface area contributed by atoms with Gasteiger partial charge in [0.1, 0.15) is 0 Å². The second-order valence-corrected chi connectivity index (χ2v) is 4.25. The highest BCUT2D eigenvalue weighted by Gasteiger charge is 2.19. The summed E-state index contributed by atoms with van der Waals surface area (Å²) in [5, 5.41) is 2.16. The predicted molar refractivity (Wildman–Crippen MR) is 46.4 cm³/mol. The Balaban J connectivity index is 3.88. The van der Waals surface area contributed by atoms with Gasteiger partial charge >= 0.3 is 7.60 Å². The standard InChI is InChI=1S/C5H10NO3PS/c1-8-10(7,9-2)4-3-6-5-11/h3-4H2,1-2H3. The average molecular weight is 195 g/mol. The highest BCUT2D eigenvalue weighted by atomic mass is 32.1. The number of rotatable bonds is 5. The molecular formula is C5H10NO3PS. The number of isothiocyanates is 1. The van der Waals surface area contributed by atoms with Gasteiger partial charge in [0.05, 0.1) is 17.9 Å². The van der Waals surface area contributed by atoms with E-state index in [0.717, 1.165) is 0 Å². The van der Waals surface area contributed by atoms with Gasteiger partial charge in [-0.1, -0.05) is 0 Å². The molecule has 64 valence electrons. The van der Waals surface area contributed by atoms with Crippen molar-refractivity contribution in [1.82, 2.24) is 0 Å². The topological polar surface area (TPSA) is 47.9 Å². The zero-order valence-corrected chi connectivity index (χ0v) is 8.15. The molecule has 0 rings (SSSR count). The van der Waals surface area contributed by atoms with Crippen LogP contribution in [0.25, 0.3) is 0 Å². The van der Waals surface area contributed by atoms with E-state index in [2.05, 4.69) is 31.4 Å². The summed E-state index contributed by atoms with van der Waals surface area (Å²) < 4.78 is 20.5. The first-order valence-corrected chi connectivity index (χ1v) is 5.06. The van der Waals surface area contributed by atoms with Crippen LogP contribution in [0.15, 0.2) is 4.99 Å². The second kappa shape index (κ2) is 5.58. The molecule has 0 fully saturated rings. The van der Waals surface area contributed by atoms with Crippen molar-refractivity contribution >= 4 is 25.0 Å². The molecule has 0 radical (unpaired) electrons. The fourth-order valence-electron chi connectivity index (χ4n) is 0.475. The summed E-state index contributed by atoms with van der Waals surface area (Å²) in [5.41, 5.74) is 0. The van der Waals surface area contributed by atoms with Crippen molar-refractivity contribution in [3.8, 4) is 0 Å². The summed E-state index contributed by atoms with van der Waals surface area (Å²) in [5.74, 6) is 0. The molecule has 0 unspecified atom stereocenters. The van der Waals surface area contributed by atoms with E-state index in [1.165, 1.54) is 14.2 Å². The van der Waals surface area contributed by atoms with Crippen LogP contribution < -0.4 is 0 Å². The van der Waals surface area contributed by atoms with E-state index in [9.17, 15) is 4.57 Å². The molecule has 0 aliphatic heterocycles. The third-order valence-corrected chi connectivity index (χ3v) is 3.10. The van der Waals surface area contributed by atoms with E-state index >= 15 is 0 Å². The molecule has 0 saturated carbocycles. The molecular weight excluding hydrogens is 185 g/mol. The van der Waals surface area contributed by atoms with Gasteiger partial charge in [0, 0.05) is 14.2 Å². The molecule has 4 nitrogen and oxygen atoms in total. The van der Waals surface area contributed by atoms with Crippen LogP contribution in [0.4, 0.5) is 0 Å². The normalized spacial score (nSPS) is 10.7. The molecule has 11 heavy (non-hydrogen) atoms. The van der Waals surface area contributed by atoms with Crippen molar-refractivity contribution in [1.29, 1.82) is 0 Å². The molecule has 0 amide bonds. The molecule has 0 atom stereocenters. The Kier molecular flexibility index (Phi) is 5.56. The third kappa shape index (κ3) is 4.40. The Morgan fingerprint density at radius 3 is 2.45 bits per heavy atom. The highest BCUT2D eigenvalue weighted by Crippen LogP contribution is 2.45. The highest BCUT2D eigenvalue weighted by molar-refractivity contribution is 7.78. The molecule has 0 saturated heterocycles. The zero-order chi connectivity index (χ0) is 8.74. The molecule has 0 spiro atoms. The molecule has 0 aliphatic rings. The first kappa shape index (κ1) is 11.0. The van der Waals surface area contributed by atoms with E-state index in [-0.39, 0.29) is 6.16 Å². The lowest BCUT2D eigenvalue weighted by Crippen LogP contribution is -1.97. The summed E-state index contributed by atoms with van der Waals surface area (Å²) in [6.07, 6.45) is 0.240. The minimum atomic E-state index is -2.89. The summed E-state index contributed by atoms with van der Waals surface area (Å²) in [4.78, 5) is 3.59. The van der Waals surface area contributed by atoms with Gasteiger partial charge < -0.3 is 9.05 Å². The summed E-state index contributed by atoms with van der Waals surface area (Å²) >= 11 is 4.32. The van der Waals surface area contributed by atoms with Gasteiger partial charge in [0.25, 0.3) is 0 Å². The Hall–Kier alpha value is -0.0500. The number of hydrogen-bond donors (Lipinski definition) is 0. The van der Waals surface area contributed by atoms with Gasteiger partial charge in [0.2, 0.25) is 0 Å². The van der Waals surface area contributed by atoms with E-state index in [1.807, 2.05) is 0 Å². The van der Waals surface area contributed by atoms with Crippen LogP contribution in [0.1, 0.15) is 0 Å². The Morgan fingerprint density at radius 1 is 1.55 bits per heavy atom. The quantitative estimate of drug-likeness (QED) is 0.379. The van der Waals surface area contributed by atoms with Crippen molar-refractivity contribution in [2.45, 2.75) is 0 Å². The van der Waals surface area contributed by atoms with Gasteiger partial charge in [-0.3, -0.25) is 4.57 Å². The molecule has 0 heterocycles. The first-order chi connectivity index (χ1) is 5.18. The number of aliphatic imine (C=N–C) groups is 1. The van der Waals surface area contributed by atoms with Gasteiger partial charge in [-0.15, -0.1) is 0 Å². The average Bonchev–Trinajstić information content (AvgIpc) is 2.05. The van der Waals surface area contributed by atoms with Gasteiger partial charge in [-0.25, -0.2) is 4.99 Å². The van der Waals surface area contributed by atoms with E-state index in [0.29, 0.717) is 6.54 Å². The fraction of sp³-hybridized carbons (Fsp3) is 0.800. The SMILES string of the molecule is COP(=O)(CCN=C=S)OC. The number of nitrogens with zero attached hydrogens (tertiary/aromatic N) is 1. The maximum Gasteiger partial charge on any atom is 0.332 e. The van der Waals surface area contributed by atoms with Crippen LogP contribution in [0.2, 0.25) is 0 Å². The molecule has 0 aliphatic carbocycles. The Morgan fingerprint density at radius 2 is 2.09 bits per heavy atom. The van der Waals surface area contributed by atoms with E-state index < -0.39 is 7.60 Å². The van der Waals surface area contributed by atoms with Crippen LogP contribution in [-0.2, 0) is 13.6 Å². The molecule has 0 bridgehead atoms. The van der Waals surface area contributed by atoms with Crippen molar-refractivity contribution < 1.29 is 13.6 Å². The first-order valence-electron chi connectivity index (χ1n) is 2.92. The maximum atomic E-state index is 11.3. The van der Waals surface area contributed by atoms with Crippen molar-refractivity contribution in [3.05, 3.63) is 0 Å². The minimum Gasteiger partial charge on any atom is -0.312 e. The van der Waals surface area contributed by atoms with Gasteiger partial charge in [-0.2, -0.15) is 0 Å². The summed E-state index contributed by atoms with van der Waals surface area (Å²) in [6.45, 7) is 0.322. The molecule has 0 aromatic rings. The van der Waals surface area contributed by atoms with Crippen LogP contribution in [0.3, 0.4) is 0 Å². The summed E-state index contributed by atoms with van der Waals surface area (Å²) in [7, 11) is -0.214. The monoisotopic (exact) mass is 195 g/mol. The van der Waals surface area contributed by atoms with Crippen LogP contribution in [0, 0.1) is 0 Å². The smallest absolute Gasteiger partial charge is 0.312 e. The van der Waals surface area contributed by atoms with E-state index in [1.54, 1.807) is 0 Å². The largest absolute Gasteiger partial charge is 0.332 e.